The minimum absolute atomic E-state index is 0.0159. The molecule has 0 aromatic heterocycles. The summed E-state index contributed by atoms with van der Waals surface area (Å²) in [6, 6.07) is 33.1. The van der Waals surface area contributed by atoms with Crippen LogP contribution in [-0.2, 0) is 29.8 Å². The Labute approximate surface area is 306 Å². The van der Waals surface area contributed by atoms with Crippen molar-refractivity contribution in [1.29, 1.82) is 0 Å². The highest BCUT2D eigenvalue weighted by atomic mass is 32.2. The molecule has 0 spiro atoms. The number of nitrogens with one attached hydrogen (secondary N) is 2. The summed E-state index contributed by atoms with van der Waals surface area (Å²) in [6.45, 7) is 3.67. The average molecular weight is 749 g/mol. The number of fused-ring (bicyclic) bond motifs is 2. The number of carbonyl (C=O) groups excluding carboxylic acids is 2. The van der Waals surface area contributed by atoms with Crippen LogP contribution in [0.4, 0.5) is 0 Å². The highest BCUT2D eigenvalue weighted by molar-refractivity contribution is 7.87. The fraction of sp³-hybridized carbons (Fsp3) is 0.0769. The third-order valence-electron chi connectivity index (χ3n) is 7.97. The summed E-state index contributed by atoms with van der Waals surface area (Å²) >= 11 is 0. The number of amides is 2. The minimum atomic E-state index is -4.20. The van der Waals surface area contributed by atoms with Crippen molar-refractivity contribution in [3.8, 4) is 11.5 Å². The van der Waals surface area contributed by atoms with Gasteiger partial charge < -0.3 is 8.37 Å². The van der Waals surface area contributed by atoms with Gasteiger partial charge >= 0.3 is 20.2 Å². The largest absolute Gasteiger partial charge is 0.378 e. The van der Waals surface area contributed by atoms with E-state index in [0.29, 0.717) is 10.8 Å². The van der Waals surface area contributed by atoms with Crippen molar-refractivity contribution >= 4 is 66.0 Å². The van der Waals surface area contributed by atoms with Gasteiger partial charge in [-0.25, -0.2) is 10.9 Å². The van der Waals surface area contributed by atoms with Crippen molar-refractivity contribution in [2.45, 2.75) is 30.1 Å². The van der Waals surface area contributed by atoms with Gasteiger partial charge in [0.1, 0.15) is 16.2 Å². The number of benzene rings is 6. The molecule has 0 aliphatic carbocycles. The first-order valence-corrected chi connectivity index (χ1v) is 18.9. The second-order valence-electron chi connectivity index (χ2n) is 11.9. The van der Waals surface area contributed by atoms with Gasteiger partial charge in [0, 0.05) is 11.1 Å². The van der Waals surface area contributed by atoms with E-state index in [-0.39, 0.29) is 32.4 Å². The Bertz CT molecular complexity index is 2440. The number of nitrogens with zero attached hydrogens (tertiary/aromatic N) is 2. The van der Waals surface area contributed by atoms with Gasteiger partial charge in [-0.2, -0.15) is 27.0 Å². The molecule has 53 heavy (non-hydrogen) atoms. The second kappa shape index (κ2) is 15.5. The minimum Gasteiger partial charge on any atom is -0.378 e. The quantitative estimate of drug-likeness (QED) is 0.0651. The number of aryl methyl sites for hydroxylation is 2. The van der Waals surface area contributed by atoms with Crippen LogP contribution in [0.3, 0.4) is 0 Å². The predicted molar refractivity (Wildman–Crippen MR) is 202 cm³/mol. The highest BCUT2D eigenvalue weighted by Gasteiger charge is 2.21. The van der Waals surface area contributed by atoms with Crippen LogP contribution in [0.15, 0.2) is 141 Å². The van der Waals surface area contributed by atoms with E-state index in [2.05, 4.69) is 21.1 Å². The summed E-state index contributed by atoms with van der Waals surface area (Å²) in [5.74, 6) is -1.61. The van der Waals surface area contributed by atoms with E-state index in [0.717, 1.165) is 21.9 Å². The molecule has 0 aliphatic rings. The lowest BCUT2D eigenvalue weighted by atomic mass is 10.0. The first-order valence-electron chi connectivity index (χ1n) is 16.1. The van der Waals surface area contributed by atoms with E-state index in [1.165, 1.54) is 48.8 Å². The Kier molecular flexibility index (Phi) is 10.6. The van der Waals surface area contributed by atoms with Crippen molar-refractivity contribution in [2.75, 3.05) is 0 Å². The van der Waals surface area contributed by atoms with Crippen LogP contribution in [0, 0.1) is 13.8 Å². The molecular weight excluding hydrogens is 717 g/mol. The first-order chi connectivity index (χ1) is 25.4. The molecule has 14 heteroatoms. The van der Waals surface area contributed by atoms with Crippen molar-refractivity contribution in [3.63, 3.8) is 0 Å². The van der Waals surface area contributed by atoms with Gasteiger partial charge in [0.15, 0.2) is 11.5 Å². The van der Waals surface area contributed by atoms with E-state index in [1.807, 2.05) is 38.1 Å². The molecule has 12 nitrogen and oxygen atoms in total. The Hall–Kier alpha value is -6.38. The van der Waals surface area contributed by atoms with Gasteiger partial charge in [-0.1, -0.05) is 96.1 Å². The third-order valence-corrected chi connectivity index (χ3v) is 10.5. The molecule has 0 saturated heterocycles. The molecule has 2 amide bonds. The zero-order valence-corrected chi connectivity index (χ0v) is 30.0. The highest BCUT2D eigenvalue weighted by Crippen LogP contribution is 2.31. The smallest absolute Gasteiger partial charge is 0.339 e. The van der Waals surface area contributed by atoms with E-state index in [4.69, 9.17) is 8.37 Å². The zero-order valence-electron chi connectivity index (χ0n) is 28.4. The molecule has 0 unspecified atom stereocenters. The van der Waals surface area contributed by atoms with Crippen molar-refractivity contribution in [2.24, 2.45) is 10.2 Å². The lowest BCUT2D eigenvalue weighted by molar-refractivity contribution is -0.129. The average Bonchev–Trinajstić information content (AvgIpc) is 3.13. The summed E-state index contributed by atoms with van der Waals surface area (Å²) < 4.78 is 63.3. The molecule has 6 rings (SSSR count). The Morgan fingerprint density at radius 3 is 1.32 bits per heavy atom. The van der Waals surface area contributed by atoms with Crippen LogP contribution in [0.2, 0.25) is 0 Å². The molecule has 0 saturated carbocycles. The molecule has 0 bridgehead atoms. The van der Waals surface area contributed by atoms with Gasteiger partial charge in [0.05, 0.1) is 12.4 Å². The third kappa shape index (κ3) is 8.75. The standard InChI is InChI=1S/C39H32N4O8S2/c1-26-11-17-30(18-12-26)52(46,47)50-36-21-15-28-7-3-5-9-32(28)34(36)24-40-42-38(44)23-39(45)43-41-25-35-33-10-6-4-8-29(33)16-22-37(35)51-53(48,49)31-19-13-27(2)14-20-31/h3-22,24-25H,23H2,1-2H3,(H,42,44)(H,43,45)/b40-24-,41-25-. The fourth-order valence-corrected chi connectivity index (χ4v) is 7.16. The van der Waals surface area contributed by atoms with Crippen LogP contribution in [0.1, 0.15) is 28.7 Å². The normalized spacial score (nSPS) is 12.0. The number of hydrogen-bond donors (Lipinski definition) is 2. The van der Waals surface area contributed by atoms with Crippen molar-refractivity contribution < 1.29 is 34.8 Å². The molecule has 0 heterocycles. The van der Waals surface area contributed by atoms with Crippen LogP contribution in [0.25, 0.3) is 21.5 Å². The number of hydrogen-bond acceptors (Lipinski definition) is 10. The van der Waals surface area contributed by atoms with Crippen molar-refractivity contribution in [1.82, 2.24) is 10.9 Å². The molecule has 268 valence electrons. The van der Waals surface area contributed by atoms with Crippen LogP contribution < -0.4 is 19.2 Å². The summed E-state index contributed by atoms with van der Waals surface area (Å²) in [5, 5.41) is 10.7. The molecule has 6 aromatic carbocycles. The summed E-state index contributed by atoms with van der Waals surface area (Å²) in [7, 11) is -8.40. The van der Waals surface area contributed by atoms with E-state index in [9.17, 15) is 26.4 Å². The molecule has 0 fully saturated rings. The molecule has 2 N–H and O–H groups in total. The van der Waals surface area contributed by atoms with Gasteiger partial charge in [-0.05, 0) is 71.8 Å². The Morgan fingerprint density at radius 2 is 0.925 bits per heavy atom. The number of hydrazone groups is 2. The fourth-order valence-electron chi connectivity index (χ4n) is 5.27. The Morgan fingerprint density at radius 1 is 0.547 bits per heavy atom. The molecule has 0 atom stereocenters. The topological polar surface area (TPSA) is 170 Å². The van der Waals surface area contributed by atoms with Crippen LogP contribution >= 0.6 is 0 Å². The molecular formula is C39H32N4O8S2. The van der Waals surface area contributed by atoms with Crippen molar-refractivity contribution in [3.05, 3.63) is 144 Å². The van der Waals surface area contributed by atoms with Gasteiger partial charge in [0.2, 0.25) is 11.8 Å². The summed E-state index contributed by atoms with van der Waals surface area (Å²) in [5.41, 5.74) is 6.87. The zero-order chi connectivity index (χ0) is 37.6. The lowest BCUT2D eigenvalue weighted by Crippen LogP contribution is -2.27. The van der Waals surface area contributed by atoms with Crippen LogP contribution in [0.5, 0.6) is 11.5 Å². The molecule has 0 aliphatic heterocycles. The molecule has 0 radical (unpaired) electrons. The maximum absolute atomic E-state index is 13.1. The predicted octanol–water partition coefficient (Wildman–Crippen LogP) is 6.14. The SMILES string of the molecule is Cc1ccc(S(=O)(=O)Oc2ccc3ccccc3c2/C=N\NC(=O)CC(=O)N/N=C\c2c(OS(=O)(=O)c3ccc(C)cc3)ccc3ccccc23)cc1. The van der Waals surface area contributed by atoms with Crippen LogP contribution in [-0.4, -0.2) is 41.1 Å². The van der Waals surface area contributed by atoms with E-state index < -0.39 is 38.5 Å². The first kappa shape index (κ1) is 36.4. The molecule has 6 aromatic rings. The van der Waals surface area contributed by atoms with E-state index in [1.54, 1.807) is 60.7 Å². The summed E-state index contributed by atoms with van der Waals surface area (Å²) in [6.07, 6.45) is 1.81. The van der Waals surface area contributed by atoms with Gasteiger partial charge in [-0.3, -0.25) is 9.59 Å². The Balaban J connectivity index is 1.15. The second-order valence-corrected chi connectivity index (χ2v) is 15.0. The monoisotopic (exact) mass is 748 g/mol. The summed E-state index contributed by atoms with van der Waals surface area (Å²) in [4.78, 5) is 25.3. The lowest BCUT2D eigenvalue weighted by Gasteiger charge is -2.12. The maximum Gasteiger partial charge on any atom is 0.339 e. The van der Waals surface area contributed by atoms with E-state index >= 15 is 0 Å². The number of rotatable bonds is 12. The van der Waals surface area contributed by atoms with Gasteiger partial charge in [0.25, 0.3) is 0 Å². The number of carbonyl (C=O) groups is 2. The van der Waals surface area contributed by atoms with Gasteiger partial charge in [-0.15, -0.1) is 0 Å². The maximum atomic E-state index is 13.1.